The minimum Gasteiger partial charge on any atom is -0.493 e. The van der Waals surface area contributed by atoms with Gasteiger partial charge in [-0.15, -0.1) is 0 Å². The van der Waals surface area contributed by atoms with E-state index in [4.69, 9.17) is 9.47 Å². The fraction of sp³-hybridized carbons (Fsp3) is 0.333. The number of rotatable bonds is 9. The second-order valence-corrected chi connectivity index (χ2v) is 6.21. The van der Waals surface area contributed by atoms with Gasteiger partial charge in [-0.25, -0.2) is 4.79 Å². The molecule has 0 aromatic heterocycles. The summed E-state index contributed by atoms with van der Waals surface area (Å²) in [5, 5.41) is 2.81. The molecule has 7 nitrogen and oxygen atoms in total. The van der Waals surface area contributed by atoms with Crippen molar-refractivity contribution in [2.45, 2.75) is 13.5 Å². The Morgan fingerprint density at radius 1 is 1.04 bits per heavy atom. The van der Waals surface area contributed by atoms with Crippen LogP contribution in [0.2, 0.25) is 0 Å². The summed E-state index contributed by atoms with van der Waals surface area (Å²) < 4.78 is 15.5. The smallest absolute Gasteiger partial charge is 0.337 e. The van der Waals surface area contributed by atoms with Gasteiger partial charge in [0.15, 0.2) is 11.5 Å². The Kier molecular flexibility index (Phi) is 7.83. The van der Waals surface area contributed by atoms with Gasteiger partial charge in [0.05, 0.1) is 32.9 Å². The summed E-state index contributed by atoms with van der Waals surface area (Å²) in [6.07, 6.45) is 0. The van der Waals surface area contributed by atoms with Gasteiger partial charge in [0, 0.05) is 12.2 Å². The quantitative estimate of drug-likeness (QED) is 0.668. The largest absolute Gasteiger partial charge is 0.493 e. The molecule has 0 aliphatic rings. The summed E-state index contributed by atoms with van der Waals surface area (Å²) in [5.41, 5.74) is 2.06. The molecule has 0 saturated carbocycles. The van der Waals surface area contributed by atoms with E-state index in [2.05, 4.69) is 10.1 Å². The number of anilines is 1. The van der Waals surface area contributed by atoms with Crippen LogP contribution in [0.5, 0.6) is 11.5 Å². The summed E-state index contributed by atoms with van der Waals surface area (Å²) >= 11 is 0. The zero-order valence-electron chi connectivity index (χ0n) is 16.7. The monoisotopic (exact) mass is 386 g/mol. The standard InChI is InChI=1S/C21H26N2O5/c1-5-28-18-11-6-15(12-19(18)26-3)13-23(2)14-20(24)22-17-9-7-16(8-10-17)21(25)27-4/h6-12H,5,13-14H2,1-4H3,(H,22,24). The molecule has 0 bridgehead atoms. The minimum atomic E-state index is -0.414. The predicted octanol–water partition coefficient (Wildman–Crippen LogP) is 2.95. The van der Waals surface area contributed by atoms with Crippen LogP contribution < -0.4 is 14.8 Å². The molecule has 0 spiro atoms. The van der Waals surface area contributed by atoms with Crippen LogP contribution in [0.4, 0.5) is 5.69 Å². The fourth-order valence-electron chi connectivity index (χ4n) is 2.71. The van der Waals surface area contributed by atoms with Gasteiger partial charge in [-0.1, -0.05) is 6.07 Å². The molecule has 0 radical (unpaired) electrons. The molecule has 0 saturated heterocycles. The first-order valence-electron chi connectivity index (χ1n) is 8.93. The van der Waals surface area contributed by atoms with Crippen molar-refractivity contribution in [3.63, 3.8) is 0 Å². The number of esters is 1. The Bertz CT molecular complexity index is 805. The lowest BCUT2D eigenvalue weighted by Gasteiger charge is -2.18. The molecule has 2 rings (SSSR count). The Morgan fingerprint density at radius 3 is 2.36 bits per heavy atom. The minimum absolute atomic E-state index is 0.147. The van der Waals surface area contributed by atoms with Crippen molar-refractivity contribution in [2.75, 3.05) is 39.7 Å². The van der Waals surface area contributed by atoms with E-state index in [9.17, 15) is 9.59 Å². The van der Waals surface area contributed by atoms with Crippen LogP contribution in [0.1, 0.15) is 22.8 Å². The zero-order chi connectivity index (χ0) is 20.5. The Balaban J connectivity index is 1.91. The van der Waals surface area contributed by atoms with Gasteiger partial charge in [0.1, 0.15) is 0 Å². The third kappa shape index (κ3) is 5.99. The SMILES string of the molecule is CCOc1ccc(CN(C)CC(=O)Nc2ccc(C(=O)OC)cc2)cc1OC. The van der Waals surface area contributed by atoms with E-state index in [0.717, 1.165) is 5.56 Å². The number of nitrogens with one attached hydrogen (secondary N) is 1. The molecule has 2 aromatic carbocycles. The molecule has 28 heavy (non-hydrogen) atoms. The van der Waals surface area contributed by atoms with Crippen LogP contribution in [0.15, 0.2) is 42.5 Å². The normalized spacial score (nSPS) is 10.5. The van der Waals surface area contributed by atoms with E-state index in [1.54, 1.807) is 31.4 Å². The van der Waals surface area contributed by atoms with Crippen molar-refractivity contribution in [3.05, 3.63) is 53.6 Å². The molecular formula is C21H26N2O5. The molecule has 0 unspecified atom stereocenters. The average molecular weight is 386 g/mol. The van der Waals surface area contributed by atoms with Crippen molar-refractivity contribution in [1.29, 1.82) is 0 Å². The van der Waals surface area contributed by atoms with E-state index < -0.39 is 5.97 Å². The fourth-order valence-corrected chi connectivity index (χ4v) is 2.71. The number of hydrogen-bond acceptors (Lipinski definition) is 6. The zero-order valence-corrected chi connectivity index (χ0v) is 16.7. The first-order valence-corrected chi connectivity index (χ1v) is 8.93. The van der Waals surface area contributed by atoms with E-state index in [1.165, 1.54) is 7.11 Å². The van der Waals surface area contributed by atoms with Crippen LogP contribution >= 0.6 is 0 Å². The van der Waals surface area contributed by atoms with Crippen molar-refractivity contribution < 1.29 is 23.8 Å². The number of hydrogen-bond donors (Lipinski definition) is 1. The summed E-state index contributed by atoms with van der Waals surface area (Å²) in [5.74, 6) is 0.807. The van der Waals surface area contributed by atoms with Crippen LogP contribution in [-0.2, 0) is 16.1 Å². The number of methoxy groups -OCH3 is 2. The van der Waals surface area contributed by atoms with Gasteiger partial charge >= 0.3 is 5.97 Å². The van der Waals surface area contributed by atoms with Gasteiger partial charge in [0.2, 0.25) is 5.91 Å². The molecular weight excluding hydrogens is 360 g/mol. The first-order chi connectivity index (χ1) is 13.5. The molecule has 0 aliphatic carbocycles. The maximum atomic E-state index is 12.3. The maximum absolute atomic E-state index is 12.3. The third-order valence-corrected chi connectivity index (χ3v) is 3.98. The van der Waals surface area contributed by atoms with Crippen molar-refractivity contribution in [2.24, 2.45) is 0 Å². The second-order valence-electron chi connectivity index (χ2n) is 6.21. The van der Waals surface area contributed by atoms with Crippen molar-refractivity contribution in [3.8, 4) is 11.5 Å². The van der Waals surface area contributed by atoms with Gasteiger partial charge in [-0.2, -0.15) is 0 Å². The highest BCUT2D eigenvalue weighted by molar-refractivity contribution is 5.93. The number of carbonyl (C=O) groups is 2. The number of carbonyl (C=O) groups excluding carboxylic acids is 2. The van der Waals surface area contributed by atoms with Crippen LogP contribution in [0.3, 0.4) is 0 Å². The van der Waals surface area contributed by atoms with E-state index >= 15 is 0 Å². The number of benzene rings is 2. The highest BCUT2D eigenvalue weighted by Crippen LogP contribution is 2.28. The van der Waals surface area contributed by atoms with E-state index in [1.807, 2.05) is 37.1 Å². The van der Waals surface area contributed by atoms with Gasteiger partial charge in [-0.05, 0) is 55.9 Å². The van der Waals surface area contributed by atoms with E-state index in [0.29, 0.717) is 35.9 Å². The first kappa shape index (κ1) is 21.2. The molecule has 1 N–H and O–H groups in total. The summed E-state index contributed by atoms with van der Waals surface area (Å²) in [4.78, 5) is 25.6. The Morgan fingerprint density at radius 2 is 1.75 bits per heavy atom. The van der Waals surface area contributed by atoms with Crippen LogP contribution in [0.25, 0.3) is 0 Å². The molecule has 2 aromatic rings. The van der Waals surface area contributed by atoms with Gasteiger partial charge in [-0.3, -0.25) is 9.69 Å². The lowest BCUT2D eigenvalue weighted by molar-refractivity contribution is -0.117. The highest BCUT2D eigenvalue weighted by Gasteiger charge is 2.11. The average Bonchev–Trinajstić information content (AvgIpc) is 2.69. The number of likely N-dealkylation sites (N-methyl/N-ethyl adjacent to an activating group) is 1. The van der Waals surface area contributed by atoms with Gasteiger partial charge < -0.3 is 19.5 Å². The Hall–Kier alpha value is -3.06. The molecule has 7 heteroatoms. The molecule has 150 valence electrons. The molecule has 0 fully saturated rings. The highest BCUT2D eigenvalue weighted by atomic mass is 16.5. The number of amides is 1. The summed E-state index contributed by atoms with van der Waals surface area (Å²) in [6.45, 7) is 3.28. The van der Waals surface area contributed by atoms with Crippen molar-refractivity contribution >= 4 is 17.6 Å². The van der Waals surface area contributed by atoms with E-state index in [-0.39, 0.29) is 12.5 Å². The maximum Gasteiger partial charge on any atom is 0.337 e. The van der Waals surface area contributed by atoms with Crippen LogP contribution in [-0.4, -0.2) is 51.2 Å². The lowest BCUT2D eigenvalue weighted by atomic mass is 10.2. The summed E-state index contributed by atoms with van der Waals surface area (Å²) in [6, 6.07) is 12.3. The van der Waals surface area contributed by atoms with Gasteiger partial charge in [0.25, 0.3) is 0 Å². The molecule has 0 aliphatic heterocycles. The number of ether oxygens (including phenoxy) is 3. The topological polar surface area (TPSA) is 77.1 Å². The second kappa shape index (κ2) is 10.3. The lowest BCUT2D eigenvalue weighted by Crippen LogP contribution is -2.29. The van der Waals surface area contributed by atoms with Crippen molar-refractivity contribution in [1.82, 2.24) is 4.90 Å². The summed E-state index contributed by atoms with van der Waals surface area (Å²) in [7, 11) is 4.79. The predicted molar refractivity (Wildman–Crippen MR) is 107 cm³/mol. The Labute approximate surface area is 165 Å². The molecule has 1 amide bonds. The molecule has 0 atom stereocenters. The van der Waals surface area contributed by atoms with Crippen LogP contribution in [0, 0.1) is 0 Å². The number of nitrogens with zero attached hydrogens (tertiary/aromatic N) is 1. The third-order valence-electron chi connectivity index (χ3n) is 3.98. The molecule has 0 heterocycles.